The minimum absolute atomic E-state index is 0.252. The number of nitrogens with one attached hydrogen (secondary N) is 1. The summed E-state index contributed by atoms with van der Waals surface area (Å²) in [5, 5.41) is 3.54. The van der Waals surface area contributed by atoms with Crippen LogP contribution in [0.5, 0.6) is 0 Å². The monoisotopic (exact) mass is 223 g/mol. The molecular formula is C14H25NO. The molecule has 0 amide bonds. The molecule has 2 heteroatoms. The molecule has 0 aliphatic carbocycles. The molecule has 1 heterocycles. The lowest BCUT2D eigenvalue weighted by molar-refractivity contribution is 0.190. The Hall–Kier alpha value is -0.760. The molecule has 0 saturated carbocycles. The third-order valence-electron chi connectivity index (χ3n) is 3.47. The molecule has 1 aromatic rings. The van der Waals surface area contributed by atoms with Crippen molar-refractivity contribution in [1.29, 1.82) is 0 Å². The third-order valence-corrected chi connectivity index (χ3v) is 3.47. The summed E-state index contributed by atoms with van der Waals surface area (Å²) in [6.07, 6.45) is 2.75. The number of hydrogen-bond acceptors (Lipinski definition) is 2. The van der Waals surface area contributed by atoms with Crippen molar-refractivity contribution in [1.82, 2.24) is 5.32 Å². The molecule has 1 unspecified atom stereocenters. The summed E-state index contributed by atoms with van der Waals surface area (Å²) in [7, 11) is 0. The Morgan fingerprint density at radius 1 is 1.31 bits per heavy atom. The first-order chi connectivity index (χ1) is 7.44. The fraction of sp³-hybridized carbons (Fsp3) is 0.714. The quantitative estimate of drug-likeness (QED) is 0.798. The van der Waals surface area contributed by atoms with E-state index in [-0.39, 0.29) is 5.41 Å². The zero-order chi connectivity index (χ0) is 12.2. The van der Waals surface area contributed by atoms with Gasteiger partial charge in [-0.25, -0.2) is 0 Å². The van der Waals surface area contributed by atoms with E-state index in [4.69, 9.17) is 4.42 Å². The fourth-order valence-corrected chi connectivity index (χ4v) is 1.72. The van der Waals surface area contributed by atoms with Crippen LogP contribution in [0.2, 0.25) is 0 Å². The topological polar surface area (TPSA) is 25.2 Å². The van der Waals surface area contributed by atoms with E-state index >= 15 is 0 Å². The molecule has 1 N–H and O–H groups in total. The summed E-state index contributed by atoms with van der Waals surface area (Å²) >= 11 is 0. The van der Waals surface area contributed by atoms with Crippen molar-refractivity contribution in [3.05, 3.63) is 24.2 Å². The van der Waals surface area contributed by atoms with Crippen LogP contribution in [0.3, 0.4) is 0 Å². The molecular weight excluding hydrogens is 198 g/mol. The molecule has 92 valence electrons. The van der Waals surface area contributed by atoms with Gasteiger partial charge in [-0.15, -0.1) is 0 Å². The van der Waals surface area contributed by atoms with Gasteiger partial charge in [0.15, 0.2) is 0 Å². The maximum absolute atomic E-state index is 5.46. The predicted molar refractivity (Wildman–Crippen MR) is 68.5 cm³/mol. The van der Waals surface area contributed by atoms with E-state index in [2.05, 4.69) is 46.0 Å². The van der Waals surface area contributed by atoms with Crippen molar-refractivity contribution < 1.29 is 4.42 Å². The first-order valence-electron chi connectivity index (χ1n) is 6.20. The molecule has 0 aromatic carbocycles. The van der Waals surface area contributed by atoms with Crippen LogP contribution in [0.4, 0.5) is 0 Å². The van der Waals surface area contributed by atoms with Gasteiger partial charge >= 0.3 is 0 Å². The first kappa shape index (κ1) is 13.3. The number of rotatable bonds is 6. The Morgan fingerprint density at radius 3 is 2.44 bits per heavy atom. The molecule has 0 spiro atoms. The van der Waals surface area contributed by atoms with Crippen molar-refractivity contribution in [3.8, 4) is 0 Å². The minimum atomic E-state index is 0.252. The summed E-state index contributed by atoms with van der Waals surface area (Å²) < 4.78 is 5.46. The molecule has 0 saturated heterocycles. The zero-order valence-corrected chi connectivity index (χ0v) is 11.2. The van der Waals surface area contributed by atoms with Gasteiger partial charge in [0.1, 0.15) is 5.76 Å². The van der Waals surface area contributed by atoms with Crippen LogP contribution in [0.1, 0.15) is 40.4 Å². The molecule has 0 aliphatic rings. The van der Waals surface area contributed by atoms with Crippen LogP contribution in [0, 0.1) is 11.3 Å². The molecule has 2 nitrogen and oxygen atoms in total. The molecule has 1 atom stereocenters. The van der Waals surface area contributed by atoms with E-state index in [9.17, 15) is 0 Å². The highest BCUT2D eigenvalue weighted by Gasteiger charge is 2.29. The Kier molecular flexibility index (Phi) is 4.60. The van der Waals surface area contributed by atoms with E-state index in [0.717, 1.165) is 18.7 Å². The molecule has 16 heavy (non-hydrogen) atoms. The molecule has 0 fully saturated rings. The Balaban J connectivity index is 2.65. The van der Waals surface area contributed by atoms with Crippen molar-refractivity contribution >= 4 is 0 Å². The Labute approximate surface area is 99.4 Å². The van der Waals surface area contributed by atoms with Gasteiger partial charge in [-0.1, -0.05) is 34.6 Å². The van der Waals surface area contributed by atoms with Gasteiger partial charge in [-0.3, -0.25) is 0 Å². The molecule has 0 radical (unpaired) electrons. The van der Waals surface area contributed by atoms with Crippen LogP contribution in [0.15, 0.2) is 22.8 Å². The second kappa shape index (κ2) is 5.53. The van der Waals surface area contributed by atoms with Gasteiger partial charge in [0.05, 0.1) is 6.26 Å². The Bertz CT molecular complexity index is 290. The van der Waals surface area contributed by atoms with Gasteiger partial charge in [0, 0.05) is 19.0 Å². The standard InChI is InChI=1S/C14H25NO/c1-11(2)14(5,10-15-12(3)4)9-13-7-6-8-16-13/h6-8,11-12,15H,9-10H2,1-5H3. The summed E-state index contributed by atoms with van der Waals surface area (Å²) in [5.41, 5.74) is 0.252. The summed E-state index contributed by atoms with van der Waals surface area (Å²) in [6, 6.07) is 4.57. The van der Waals surface area contributed by atoms with Gasteiger partial charge in [-0.2, -0.15) is 0 Å². The minimum Gasteiger partial charge on any atom is -0.469 e. The first-order valence-corrected chi connectivity index (χ1v) is 6.20. The SMILES string of the molecule is CC(C)NCC(C)(Cc1ccco1)C(C)C. The zero-order valence-electron chi connectivity index (χ0n) is 11.2. The second-order valence-electron chi connectivity index (χ2n) is 5.60. The van der Waals surface area contributed by atoms with Crippen molar-refractivity contribution in [2.75, 3.05) is 6.54 Å². The van der Waals surface area contributed by atoms with Crippen molar-refractivity contribution in [2.45, 2.75) is 47.1 Å². The van der Waals surface area contributed by atoms with Gasteiger partial charge < -0.3 is 9.73 Å². The normalized spacial score (nSPS) is 15.7. The van der Waals surface area contributed by atoms with Crippen LogP contribution in [-0.4, -0.2) is 12.6 Å². The highest BCUT2D eigenvalue weighted by molar-refractivity contribution is 5.02. The lowest BCUT2D eigenvalue weighted by Gasteiger charge is -2.34. The van der Waals surface area contributed by atoms with Crippen molar-refractivity contribution in [2.24, 2.45) is 11.3 Å². The van der Waals surface area contributed by atoms with E-state index < -0.39 is 0 Å². The molecule has 0 bridgehead atoms. The summed E-state index contributed by atoms with van der Waals surface area (Å²) in [6.45, 7) is 12.3. The fourth-order valence-electron chi connectivity index (χ4n) is 1.72. The lowest BCUT2D eigenvalue weighted by Crippen LogP contribution is -2.40. The average Bonchev–Trinajstić information content (AvgIpc) is 2.67. The van der Waals surface area contributed by atoms with E-state index in [1.807, 2.05) is 6.07 Å². The van der Waals surface area contributed by atoms with E-state index in [0.29, 0.717) is 12.0 Å². The van der Waals surface area contributed by atoms with Gasteiger partial charge in [0.2, 0.25) is 0 Å². The van der Waals surface area contributed by atoms with E-state index in [1.165, 1.54) is 0 Å². The molecule has 1 rings (SSSR count). The maximum atomic E-state index is 5.46. The van der Waals surface area contributed by atoms with Gasteiger partial charge in [0.25, 0.3) is 0 Å². The predicted octanol–water partition coefficient (Wildman–Crippen LogP) is 3.48. The third kappa shape index (κ3) is 3.67. The summed E-state index contributed by atoms with van der Waals surface area (Å²) in [5.74, 6) is 1.71. The smallest absolute Gasteiger partial charge is 0.104 e. The number of furan rings is 1. The largest absolute Gasteiger partial charge is 0.469 e. The van der Waals surface area contributed by atoms with Crippen LogP contribution in [0.25, 0.3) is 0 Å². The summed E-state index contributed by atoms with van der Waals surface area (Å²) in [4.78, 5) is 0. The molecule has 0 aliphatic heterocycles. The molecule has 1 aromatic heterocycles. The average molecular weight is 223 g/mol. The van der Waals surface area contributed by atoms with E-state index in [1.54, 1.807) is 6.26 Å². The highest BCUT2D eigenvalue weighted by atomic mass is 16.3. The second-order valence-corrected chi connectivity index (χ2v) is 5.60. The van der Waals surface area contributed by atoms with Crippen LogP contribution < -0.4 is 5.32 Å². The maximum Gasteiger partial charge on any atom is 0.104 e. The van der Waals surface area contributed by atoms with Crippen LogP contribution >= 0.6 is 0 Å². The number of hydrogen-bond donors (Lipinski definition) is 1. The lowest BCUT2D eigenvalue weighted by atomic mass is 9.75. The van der Waals surface area contributed by atoms with Gasteiger partial charge in [-0.05, 0) is 23.5 Å². The Morgan fingerprint density at radius 2 is 2.00 bits per heavy atom. The van der Waals surface area contributed by atoms with Crippen LogP contribution in [-0.2, 0) is 6.42 Å². The highest BCUT2D eigenvalue weighted by Crippen LogP contribution is 2.31. The van der Waals surface area contributed by atoms with Crippen molar-refractivity contribution in [3.63, 3.8) is 0 Å².